The zero-order valence-electron chi connectivity index (χ0n) is 22.0. The Kier molecular flexibility index (Phi) is 7.88. The molecule has 7 nitrogen and oxygen atoms in total. The highest BCUT2D eigenvalue weighted by Gasteiger charge is 2.19. The number of carbonyl (C=O) groups excluding carboxylic acids is 1. The van der Waals surface area contributed by atoms with Crippen LogP contribution < -0.4 is 14.8 Å². The number of aryl methyl sites for hydroxylation is 1. The van der Waals surface area contributed by atoms with Gasteiger partial charge in [0.2, 0.25) is 5.91 Å². The van der Waals surface area contributed by atoms with E-state index in [-0.39, 0.29) is 17.1 Å². The molecule has 0 spiro atoms. The number of nitrogens with zero attached hydrogens (tertiary/aromatic N) is 3. The van der Waals surface area contributed by atoms with Gasteiger partial charge in [0.15, 0.2) is 22.5 Å². The van der Waals surface area contributed by atoms with Crippen molar-refractivity contribution in [2.24, 2.45) is 0 Å². The molecule has 192 valence electrons. The second-order valence-electron chi connectivity index (χ2n) is 9.71. The molecule has 3 aromatic carbocycles. The summed E-state index contributed by atoms with van der Waals surface area (Å²) in [4.78, 5) is 12.8. The van der Waals surface area contributed by atoms with E-state index in [0.29, 0.717) is 22.3 Å². The number of carbonyl (C=O) groups is 1. The van der Waals surface area contributed by atoms with Crippen LogP contribution in [-0.4, -0.2) is 40.6 Å². The van der Waals surface area contributed by atoms with Crippen LogP contribution in [-0.2, 0) is 10.2 Å². The van der Waals surface area contributed by atoms with Gasteiger partial charge in [-0.05, 0) is 42.2 Å². The Balaban J connectivity index is 1.58. The highest BCUT2D eigenvalue weighted by molar-refractivity contribution is 7.99. The highest BCUT2D eigenvalue weighted by Crippen LogP contribution is 2.32. The zero-order chi connectivity index (χ0) is 26.6. The number of hydrogen-bond donors (Lipinski definition) is 1. The number of anilines is 1. The average molecular weight is 517 g/mol. The summed E-state index contributed by atoms with van der Waals surface area (Å²) >= 11 is 1.34. The Bertz CT molecular complexity index is 1370. The number of methoxy groups -OCH3 is 2. The van der Waals surface area contributed by atoms with Crippen molar-refractivity contribution in [2.45, 2.75) is 38.3 Å². The molecule has 0 aliphatic rings. The van der Waals surface area contributed by atoms with Crippen molar-refractivity contribution >= 4 is 23.4 Å². The summed E-state index contributed by atoms with van der Waals surface area (Å²) in [5, 5.41) is 12.5. The molecule has 1 N–H and O–H groups in total. The minimum Gasteiger partial charge on any atom is -0.493 e. The molecule has 37 heavy (non-hydrogen) atoms. The van der Waals surface area contributed by atoms with Gasteiger partial charge in [0, 0.05) is 23.0 Å². The Labute approximate surface area is 222 Å². The van der Waals surface area contributed by atoms with Gasteiger partial charge in [-0.1, -0.05) is 74.5 Å². The Morgan fingerprint density at radius 1 is 0.919 bits per heavy atom. The molecule has 0 aliphatic carbocycles. The monoisotopic (exact) mass is 516 g/mol. The lowest BCUT2D eigenvalue weighted by Gasteiger charge is -2.19. The van der Waals surface area contributed by atoms with E-state index >= 15 is 0 Å². The van der Waals surface area contributed by atoms with Crippen LogP contribution in [0.25, 0.3) is 17.1 Å². The van der Waals surface area contributed by atoms with Gasteiger partial charge < -0.3 is 14.8 Å². The molecule has 0 fully saturated rings. The Hall–Kier alpha value is -3.78. The number of rotatable bonds is 8. The normalized spacial score (nSPS) is 11.3. The molecular formula is C29H32N4O3S. The van der Waals surface area contributed by atoms with Crippen LogP contribution in [0.1, 0.15) is 31.9 Å². The fraction of sp³-hybridized carbons (Fsp3) is 0.276. The fourth-order valence-corrected chi connectivity index (χ4v) is 4.59. The van der Waals surface area contributed by atoms with E-state index in [2.05, 4.69) is 79.6 Å². The summed E-state index contributed by atoms with van der Waals surface area (Å²) in [6, 6.07) is 21.9. The first-order valence-corrected chi connectivity index (χ1v) is 13.0. The van der Waals surface area contributed by atoms with E-state index in [4.69, 9.17) is 9.47 Å². The van der Waals surface area contributed by atoms with Crippen molar-refractivity contribution in [3.63, 3.8) is 0 Å². The van der Waals surface area contributed by atoms with Crippen LogP contribution >= 0.6 is 11.8 Å². The first-order chi connectivity index (χ1) is 17.7. The molecule has 0 saturated heterocycles. The van der Waals surface area contributed by atoms with Crippen molar-refractivity contribution in [1.82, 2.24) is 14.8 Å². The third-order valence-electron chi connectivity index (χ3n) is 5.93. The van der Waals surface area contributed by atoms with Crippen molar-refractivity contribution < 1.29 is 14.3 Å². The molecule has 0 atom stereocenters. The molecule has 8 heteroatoms. The van der Waals surface area contributed by atoms with Gasteiger partial charge in [-0.15, -0.1) is 10.2 Å². The van der Waals surface area contributed by atoms with Crippen molar-refractivity contribution in [3.8, 4) is 28.6 Å². The van der Waals surface area contributed by atoms with Crippen LogP contribution in [0.2, 0.25) is 0 Å². The van der Waals surface area contributed by atoms with E-state index in [1.165, 1.54) is 17.3 Å². The van der Waals surface area contributed by atoms with E-state index in [0.717, 1.165) is 22.6 Å². The van der Waals surface area contributed by atoms with Gasteiger partial charge in [-0.2, -0.15) is 0 Å². The minimum atomic E-state index is -0.160. The quantitative estimate of drug-likeness (QED) is 0.277. The topological polar surface area (TPSA) is 78.3 Å². The average Bonchev–Trinajstić information content (AvgIpc) is 3.31. The molecular weight excluding hydrogens is 484 g/mol. The van der Waals surface area contributed by atoms with Gasteiger partial charge in [0.25, 0.3) is 0 Å². The van der Waals surface area contributed by atoms with Crippen molar-refractivity contribution in [2.75, 3.05) is 25.3 Å². The molecule has 0 bridgehead atoms. The summed E-state index contributed by atoms with van der Waals surface area (Å²) in [6.07, 6.45) is 0. The van der Waals surface area contributed by atoms with Gasteiger partial charge in [-0.3, -0.25) is 9.36 Å². The minimum absolute atomic E-state index is 0.0609. The fourth-order valence-electron chi connectivity index (χ4n) is 3.84. The van der Waals surface area contributed by atoms with E-state index in [9.17, 15) is 4.79 Å². The number of thioether (sulfide) groups is 1. The number of hydrogen-bond acceptors (Lipinski definition) is 6. The maximum Gasteiger partial charge on any atom is 0.234 e. The van der Waals surface area contributed by atoms with Crippen molar-refractivity contribution in [1.29, 1.82) is 0 Å². The number of ether oxygens (including phenoxy) is 2. The van der Waals surface area contributed by atoms with Gasteiger partial charge in [0.1, 0.15) is 0 Å². The first-order valence-electron chi connectivity index (χ1n) is 12.0. The first kappa shape index (κ1) is 26.3. The smallest absolute Gasteiger partial charge is 0.234 e. The molecule has 0 unspecified atom stereocenters. The maximum absolute atomic E-state index is 12.8. The summed E-state index contributed by atoms with van der Waals surface area (Å²) in [6.45, 7) is 8.63. The largest absolute Gasteiger partial charge is 0.493 e. The summed E-state index contributed by atoms with van der Waals surface area (Å²) in [7, 11) is 3.13. The molecule has 1 aromatic heterocycles. The number of aromatic nitrogens is 3. The van der Waals surface area contributed by atoms with Crippen LogP contribution in [0.5, 0.6) is 11.5 Å². The predicted molar refractivity (Wildman–Crippen MR) is 149 cm³/mol. The number of amides is 1. The highest BCUT2D eigenvalue weighted by atomic mass is 32.2. The summed E-state index contributed by atoms with van der Waals surface area (Å²) < 4.78 is 12.6. The lowest BCUT2D eigenvalue weighted by atomic mass is 9.87. The third kappa shape index (κ3) is 6.14. The molecule has 0 saturated carbocycles. The van der Waals surface area contributed by atoms with Gasteiger partial charge in [0.05, 0.1) is 20.0 Å². The molecule has 0 aliphatic heterocycles. The van der Waals surface area contributed by atoms with Crippen LogP contribution in [0.15, 0.2) is 71.9 Å². The molecule has 1 amide bonds. The lowest BCUT2D eigenvalue weighted by Crippen LogP contribution is -2.14. The zero-order valence-corrected chi connectivity index (χ0v) is 22.8. The maximum atomic E-state index is 12.8. The Morgan fingerprint density at radius 3 is 2.22 bits per heavy atom. The van der Waals surface area contributed by atoms with Gasteiger partial charge in [-0.25, -0.2) is 0 Å². The van der Waals surface area contributed by atoms with E-state index in [1.807, 2.05) is 16.7 Å². The predicted octanol–water partition coefficient (Wildman–Crippen LogP) is 6.29. The van der Waals surface area contributed by atoms with Crippen LogP contribution in [0.3, 0.4) is 0 Å². The molecule has 4 rings (SSSR count). The van der Waals surface area contributed by atoms with Crippen LogP contribution in [0, 0.1) is 6.92 Å². The van der Waals surface area contributed by atoms with E-state index in [1.54, 1.807) is 32.4 Å². The van der Waals surface area contributed by atoms with Crippen molar-refractivity contribution in [3.05, 3.63) is 77.9 Å². The second kappa shape index (κ2) is 11.1. The van der Waals surface area contributed by atoms with Gasteiger partial charge >= 0.3 is 0 Å². The van der Waals surface area contributed by atoms with Crippen LogP contribution in [0.4, 0.5) is 5.69 Å². The number of nitrogens with one attached hydrogen (secondary N) is 1. The molecule has 4 aromatic rings. The lowest BCUT2D eigenvalue weighted by molar-refractivity contribution is -0.113. The summed E-state index contributed by atoms with van der Waals surface area (Å²) in [5.41, 5.74) is 5.00. The Morgan fingerprint density at radius 2 is 1.59 bits per heavy atom. The van der Waals surface area contributed by atoms with E-state index < -0.39 is 0 Å². The SMILES string of the molecule is COc1ccc(NC(=O)CSc2nnc(-c3ccc(C(C)(C)C)cc3)n2-c2ccc(C)cc2)cc1OC. The standard InChI is InChI=1S/C29H32N4O3S/c1-19-7-14-23(15-8-19)33-27(20-9-11-21(12-10-20)29(2,3)4)31-32-28(33)37-18-26(34)30-22-13-16-24(35-5)25(17-22)36-6/h7-17H,18H2,1-6H3,(H,30,34). The molecule has 0 radical (unpaired) electrons. The summed E-state index contributed by atoms with van der Waals surface area (Å²) in [5.74, 6) is 1.89. The number of benzene rings is 3. The second-order valence-corrected chi connectivity index (χ2v) is 10.7. The molecule has 1 heterocycles. The third-order valence-corrected chi connectivity index (χ3v) is 6.86.